The van der Waals surface area contributed by atoms with E-state index in [0.29, 0.717) is 0 Å². The lowest BCUT2D eigenvalue weighted by atomic mass is 10.2. The lowest BCUT2D eigenvalue weighted by Gasteiger charge is -2.05. The molecule has 0 aliphatic carbocycles. The molecule has 1 aromatic rings. The standard InChI is InChI=1S/C9H9ClO4/c1-2-14-9(13)5-3-6(10)8(12)4-7(5)11/h3-4,11-12H,2H2,1H3. The zero-order chi connectivity index (χ0) is 10.7. The van der Waals surface area contributed by atoms with Gasteiger partial charge in [0.15, 0.2) is 0 Å². The molecular formula is C9H9ClO4. The molecule has 4 nitrogen and oxygen atoms in total. The average molecular weight is 217 g/mol. The predicted octanol–water partition coefficient (Wildman–Crippen LogP) is 1.93. The largest absolute Gasteiger partial charge is 0.507 e. The van der Waals surface area contributed by atoms with Crippen molar-refractivity contribution in [2.24, 2.45) is 0 Å². The number of ether oxygens (including phenoxy) is 1. The highest BCUT2D eigenvalue weighted by atomic mass is 35.5. The van der Waals surface area contributed by atoms with Crippen molar-refractivity contribution in [1.29, 1.82) is 0 Å². The first-order valence-electron chi connectivity index (χ1n) is 3.94. The highest BCUT2D eigenvalue weighted by Crippen LogP contribution is 2.31. The molecule has 0 radical (unpaired) electrons. The van der Waals surface area contributed by atoms with E-state index in [2.05, 4.69) is 4.74 Å². The summed E-state index contributed by atoms with van der Waals surface area (Å²) in [6.07, 6.45) is 0. The summed E-state index contributed by atoms with van der Waals surface area (Å²) in [5.41, 5.74) is -0.0605. The van der Waals surface area contributed by atoms with Crippen molar-refractivity contribution in [3.63, 3.8) is 0 Å². The van der Waals surface area contributed by atoms with Crippen LogP contribution in [-0.4, -0.2) is 22.8 Å². The van der Waals surface area contributed by atoms with Crippen molar-refractivity contribution >= 4 is 17.6 Å². The Hall–Kier alpha value is -1.42. The number of esters is 1. The van der Waals surface area contributed by atoms with Crippen LogP contribution < -0.4 is 0 Å². The van der Waals surface area contributed by atoms with E-state index in [4.69, 9.17) is 16.7 Å². The van der Waals surface area contributed by atoms with Gasteiger partial charge in [-0.2, -0.15) is 0 Å². The van der Waals surface area contributed by atoms with Crippen LogP contribution in [0.25, 0.3) is 0 Å². The summed E-state index contributed by atoms with van der Waals surface area (Å²) >= 11 is 5.56. The molecule has 0 atom stereocenters. The van der Waals surface area contributed by atoms with E-state index < -0.39 is 5.97 Å². The number of hydrogen-bond acceptors (Lipinski definition) is 4. The Bertz CT molecular complexity index is 362. The second-order valence-electron chi connectivity index (χ2n) is 2.54. The maximum Gasteiger partial charge on any atom is 0.341 e. The van der Waals surface area contributed by atoms with Crippen molar-refractivity contribution in [1.82, 2.24) is 0 Å². The summed E-state index contributed by atoms with van der Waals surface area (Å²) in [7, 11) is 0. The van der Waals surface area contributed by atoms with Gasteiger partial charge >= 0.3 is 5.97 Å². The molecule has 0 aliphatic rings. The fourth-order valence-electron chi connectivity index (χ4n) is 0.923. The first-order valence-corrected chi connectivity index (χ1v) is 4.32. The van der Waals surface area contributed by atoms with Crippen LogP contribution in [0.15, 0.2) is 12.1 Å². The van der Waals surface area contributed by atoms with Gasteiger partial charge in [-0.15, -0.1) is 0 Å². The Morgan fingerprint density at radius 3 is 2.64 bits per heavy atom. The van der Waals surface area contributed by atoms with E-state index >= 15 is 0 Å². The summed E-state index contributed by atoms with van der Waals surface area (Å²) in [5, 5.41) is 18.4. The predicted molar refractivity (Wildman–Crippen MR) is 50.7 cm³/mol. The number of halogens is 1. The molecule has 5 heteroatoms. The SMILES string of the molecule is CCOC(=O)c1cc(Cl)c(O)cc1O. The van der Waals surface area contributed by atoms with Gasteiger partial charge in [-0.3, -0.25) is 0 Å². The second kappa shape index (κ2) is 4.19. The number of aromatic hydroxyl groups is 2. The number of hydrogen-bond donors (Lipinski definition) is 2. The van der Waals surface area contributed by atoms with Crippen LogP contribution in [0.4, 0.5) is 0 Å². The van der Waals surface area contributed by atoms with Gasteiger partial charge in [0.2, 0.25) is 0 Å². The van der Waals surface area contributed by atoms with Gasteiger partial charge in [-0.1, -0.05) is 11.6 Å². The van der Waals surface area contributed by atoms with Gasteiger partial charge in [0, 0.05) is 6.07 Å². The first kappa shape index (κ1) is 10.7. The van der Waals surface area contributed by atoms with Crippen LogP contribution in [0.5, 0.6) is 11.5 Å². The fourth-order valence-corrected chi connectivity index (χ4v) is 1.09. The number of carbonyl (C=O) groups is 1. The number of carbonyl (C=O) groups excluding carboxylic acids is 1. The third-order valence-corrected chi connectivity index (χ3v) is 1.86. The third kappa shape index (κ3) is 2.09. The molecule has 0 amide bonds. The van der Waals surface area contributed by atoms with Gasteiger partial charge in [0.05, 0.1) is 11.6 Å². The summed E-state index contributed by atoms with van der Waals surface area (Å²) in [4.78, 5) is 11.2. The zero-order valence-electron chi connectivity index (χ0n) is 7.45. The molecule has 2 N–H and O–H groups in total. The Balaban J connectivity index is 3.09. The molecule has 1 aromatic carbocycles. The Kier molecular flexibility index (Phi) is 3.19. The van der Waals surface area contributed by atoms with Crippen molar-refractivity contribution in [3.05, 3.63) is 22.7 Å². The minimum Gasteiger partial charge on any atom is -0.507 e. The third-order valence-electron chi connectivity index (χ3n) is 1.56. The van der Waals surface area contributed by atoms with Crippen molar-refractivity contribution in [2.45, 2.75) is 6.92 Å². The van der Waals surface area contributed by atoms with Crippen LogP contribution in [0.1, 0.15) is 17.3 Å². The molecule has 0 spiro atoms. The maximum atomic E-state index is 11.2. The van der Waals surface area contributed by atoms with Gasteiger partial charge in [-0.25, -0.2) is 4.79 Å². The van der Waals surface area contributed by atoms with Gasteiger partial charge < -0.3 is 14.9 Å². The number of phenols is 2. The molecule has 76 valence electrons. The Morgan fingerprint density at radius 1 is 1.43 bits per heavy atom. The summed E-state index contributed by atoms with van der Waals surface area (Å²) in [6, 6.07) is 2.15. The molecular weight excluding hydrogens is 208 g/mol. The van der Waals surface area contributed by atoms with Crippen LogP contribution in [0.2, 0.25) is 5.02 Å². The van der Waals surface area contributed by atoms with Crippen molar-refractivity contribution < 1.29 is 19.7 Å². The van der Waals surface area contributed by atoms with Crippen LogP contribution >= 0.6 is 11.6 Å². The van der Waals surface area contributed by atoms with E-state index in [1.165, 1.54) is 0 Å². The molecule has 0 unspecified atom stereocenters. The van der Waals surface area contributed by atoms with Gasteiger partial charge in [0.1, 0.15) is 17.1 Å². The number of rotatable bonds is 2. The molecule has 0 aliphatic heterocycles. The minimum atomic E-state index is -0.674. The topological polar surface area (TPSA) is 66.8 Å². The monoisotopic (exact) mass is 216 g/mol. The minimum absolute atomic E-state index is 0.00847. The van der Waals surface area contributed by atoms with Crippen molar-refractivity contribution in [2.75, 3.05) is 6.61 Å². The highest BCUT2D eigenvalue weighted by molar-refractivity contribution is 6.32. The van der Waals surface area contributed by atoms with Gasteiger partial charge in [0.25, 0.3) is 0 Å². The lowest BCUT2D eigenvalue weighted by molar-refractivity contribution is 0.0523. The zero-order valence-corrected chi connectivity index (χ0v) is 8.21. The highest BCUT2D eigenvalue weighted by Gasteiger charge is 2.14. The first-order chi connectivity index (χ1) is 6.56. The van der Waals surface area contributed by atoms with E-state index in [-0.39, 0.29) is 28.7 Å². The van der Waals surface area contributed by atoms with Crippen molar-refractivity contribution in [3.8, 4) is 11.5 Å². The van der Waals surface area contributed by atoms with Gasteiger partial charge in [-0.05, 0) is 13.0 Å². The lowest BCUT2D eigenvalue weighted by Crippen LogP contribution is -2.04. The second-order valence-corrected chi connectivity index (χ2v) is 2.95. The van der Waals surface area contributed by atoms with E-state index in [0.717, 1.165) is 12.1 Å². The Morgan fingerprint density at radius 2 is 2.07 bits per heavy atom. The fraction of sp³-hybridized carbons (Fsp3) is 0.222. The summed E-state index contributed by atoms with van der Waals surface area (Å²) in [5.74, 6) is -1.31. The Labute approximate surface area is 85.7 Å². The smallest absolute Gasteiger partial charge is 0.341 e. The number of phenolic OH excluding ortho intramolecular Hbond substituents is 2. The van der Waals surface area contributed by atoms with Crippen LogP contribution in [-0.2, 0) is 4.74 Å². The van der Waals surface area contributed by atoms with Crippen LogP contribution in [0, 0.1) is 0 Å². The van der Waals surface area contributed by atoms with E-state index in [1.807, 2.05) is 0 Å². The number of benzene rings is 1. The summed E-state index contributed by atoms with van der Waals surface area (Å²) in [6.45, 7) is 1.85. The molecule has 0 heterocycles. The maximum absolute atomic E-state index is 11.2. The molecule has 0 aromatic heterocycles. The molecule has 0 saturated carbocycles. The normalized spacial score (nSPS) is 9.86. The van der Waals surface area contributed by atoms with E-state index in [1.54, 1.807) is 6.92 Å². The van der Waals surface area contributed by atoms with Crippen LogP contribution in [0.3, 0.4) is 0 Å². The molecule has 1 rings (SSSR count). The molecule has 0 saturated heterocycles. The molecule has 0 fully saturated rings. The molecule has 0 bridgehead atoms. The molecule has 14 heavy (non-hydrogen) atoms. The summed E-state index contributed by atoms with van der Waals surface area (Å²) < 4.78 is 4.66. The van der Waals surface area contributed by atoms with E-state index in [9.17, 15) is 9.90 Å². The average Bonchev–Trinajstić information content (AvgIpc) is 2.11. The quantitative estimate of drug-likeness (QED) is 0.742.